The molecular weight excluding hydrogens is 418 g/mol. The molecule has 0 spiro atoms. The van der Waals surface area contributed by atoms with Crippen molar-refractivity contribution in [3.63, 3.8) is 0 Å². The molecule has 0 saturated heterocycles. The van der Waals surface area contributed by atoms with E-state index in [0.29, 0.717) is 17.0 Å². The van der Waals surface area contributed by atoms with E-state index in [2.05, 4.69) is 10.3 Å². The Labute approximate surface area is 194 Å². The van der Waals surface area contributed by atoms with Crippen LogP contribution in [0.5, 0.6) is 5.75 Å². The number of benzene rings is 2. The van der Waals surface area contributed by atoms with Gasteiger partial charge in [-0.15, -0.1) is 0 Å². The first-order valence-electron chi connectivity index (χ1n) is 10.9. The highest BCUT2D eigenvalue weighted by molar-refractivity contribution is 5.97. The molecule has 1 heterocycles. The summed E-state index contributed by atoms with van der Waals surface area (Å²) in [5, 5.41) is 12.7. The molecule has 0 fully saturated rings. The predicted molar refractivity (Wildman–Crippen MR) is 128 cm³/mol. The maximum atomic E-state index is 13.6. The first kappa shape index (κ1) is 24.1. The molecule has 0 aliphatic carbocycles. The molecule has 174 valence electrons. The number of aliphatic hydroxyl groups is 1. The molecule has 0 bridgehead atoms. The summed E-state index contributed by atoms with van der Waals surface area (Å²) >= 11 is 0. The van der Waals surface area contributed by atoms with Crippen LogP contribution in [-0.4, -0.2) is 52.6 Å². The van der Waals surface area contributed by atoms with Crippen LogP contribution in [0.3, 0.4) is 0 Å². The van der Waals surface area contributed by atoms with E-state index in [1.165, 1.54) is 4.90 Å². The third-order valence-corrected chi connectivity index (χ3v) is 5.09. The molecule has 3 N–H and O–H groups in total. The number of nitrogens with one attached hydrogen (secondary N) is 2. The van der Waals surface area contributed by atoms with E-state index in [1.807, 2.05) is 57.2 Å². The Balaban J connectivity index is 1.99. The van der Waals surface area contributed by atoms with Crippen LogP contribution in [0.1, 0.15) is 42.9 Å². The smallest absolute Gasteiger partial charge is 0.271 e. The zero-order valence-corrected chi connectivity index (χ0v) is 19.5. The van der Waals surface area contributed by atoms with Gasteiger partial charge >= 0.3 is 0 Å². The summed E-state index contributed by atoms with van der Waals surface area (Å²) in [7, 11) is 1.57. The van der Waals surface area contributed by atoms with Crippen LogP contribution in [-0.2, 0) is 4.79 Å². The number of carbonyl (C=O) groups excluding carboxylic acids is 2. The second-order valence-corrected chi connectivity index (χ2v) is 8.79. The Kier molecular flexibility index (Phi) is 7.55. The van der Waals surface area contributed by atoms with E-state index in [9.17, 15) is 14.7 Å². The molecule has 0 radical (unpaired) electrons. The standard InChI is InChI=1S/C26H31N3O4/c1-26(2,3)28-24(31)23(19-10-12-20(33-4)13-11-19)29(16-17-30)25(32)22-15-14-21(27-22)18-8-6-5-7-9-18/h5-15,23,27,30H,16-17H2,1-4H3,(H,28,31). The molecule has 2 amide bonds. The van der Waals surface area contributed by atoms with Crippen molar-refractivity contribution in [3.05, 3.63) is 78.0 Å². The summed E-state index contributed by atoms with van der Waals surface area (Å²) < 4.78 is 5.23. The number of hydrogen-bond donors (Lipinski definition) is 3. The molecule has 7 heteroatoms. The lowest BCUT2D eigenvalue weighted by molar-refractivity contribution is -0.127. The van der Waals surface area contributed by atoms with Crippen molar-refractivity contribution in [2.24, 2.45) is 0 Å². The zero-order valence-electron chi connectivity index (χ0n) is 19.5. The maximum Gasteiger partial charge on any atom is 0.271 e. The fourth-order valence-corrected chi connectivity index (χ4v) is 3.61. The summed E-state index contributed by atoms with van der Waals surface area (Å²) in [5.41, 5.74) is 2.20. The molecule has 3 aromatic rings. The summed E-state index contributed by atoms with van der Waals surface area (Å²) in [4.78, 5) is 31.5. The van der Waals surface area contributed by atoms with Gasteiger partial charge in [0, 0.05) is 17.8 Å². The van der Waals surface area contributed by atoms with E-state index in [-0.39, 0.29) is 25.0 Å². The molecule has 33 heavy (non-hydrogen) atoms. The van der Waals surface area contributed by atoms with E-state index >= 15 is 0 Å². The Hall–Kier alpha value is -3.58. The van der Waals surface area contributed by atoms with Crippen molar-refractivity contribution in [3.8, 4) is 17.0 Å². The Morgan fingerprint density at radius 2 is 1.70 bits per heavy atom. The lowest BCUT2D eigenvalue weighted by Gasteiger charge is -2.33. The van der Waals surface area contributed by atoms with Crippen molar-refractivity contribution in [1.29, 1.82) is 0 Å². The fraction of sp³-hybridized carbons (Fsp3) is 0.308. The van der Waals surface area contributed by atoms with Gasteiger partial charge in [0.1, 0.15) is 17.5 Å². The minimum Gasteiger partial charge on any atom is -0.497 e. The van der Waals surface area contributed by atoms with Gasteiger partial charge in [-0.3, -0.25) is 9.59 Å². The van der Waals surface area contributed by atoms with Crippen molar-refractivity contribution >= 4 is 11.8 Å². The Morgan fingerprint density at radius 1 is 1.03 bits per heavy atom. The number of aromatic nitrogens is 1. The second-order valence-electron chi connectivity index (χ2n) is 8.79. The normalized spacial score (nSPS) is 12.2. The molecule has 1 atom stereocenters. The number of amides is 2. The largest absolute Gasteiger partial charge is 0.497 e. The third-order valence-electron chi connectivity index (χ3n) is 5.09. The first-order valence-corrected chi connectivity index (χ1v) is 10.9. The molecule has 0 aliphatic heterocycles. The average Bonchev–Trinajstić information content (AvgIpc) is 3.28. The van der Waals surface area contributed by atoms with Gasteiger partial charge in [-0.05, 0) is 56.2 Å². The van der Waals surface area contributed by atoms with Gasteiger partial charge in [-0.2, -0.15) is 0 Å². The number of hydrogen-bond acceptors (Lipinski definition) is 4. The van der Waals surface area contributed by atoms with Gasteiger partial charge in [0.25, 0.3) is 5.91 Å². The highest BCUT2D eigenvalue weighted by Gasteiger charge is 2.34. The van der Waals surface area contributed by atoms with Gasteiger partial charge in [-0.1, -0.05) is 42.5 Å². The van der Waals surface area contributed by atoms with Gasteiger partial charge in [0.05, 0.1) is 13.7 Å². The van der Waals surface area contributed by atoms with Crippen LogP contribution in [0.2, 0.25) is 0 Å². The van der Waals surface area contributed by atoms with Crippen molar-refractivity contribution in [2.75, 3.05) is 20.3 Å². The molecule has 1 unspecified atom stereocenters. The molecular formula is C26H31N3O4. The monoisotopic (exact) mass is 449 g/mol. The van der Waals surface area contributed by atoms with Gasteiger partial charge in [0.15, 0.2) is 0 Å². The third kappa shape index (κ3) is 6.02. The predicted octanol–water partition coefficient (Wildman–Crippen LogP) is 3.78. The minimum atomic E-state index is -0.932. The number of carbonyl (C=O) groups is 2. The first-order chi connectivity index (χ1) is 15.7. The van der Waals surface area contributed by atoms with Crippen LogP contribution >= 0.6 is 0 Å². The van der Waals surface area contributed by atoms with Gasteiger partial charge in [-0.25, -0.2) is 0 Å². The summed E-state index contributed by atoms with van der Waals surface area (Å²) in [6.45, 7) is 5.35. The topological polar surface area (TPSA) is 94.7 Å². The molecule has 0 saturated carbocycles. The van der Waals surface area contributed by atoms with Gasteiger partial charge in [0.2, 0.25) is 5.91 Å². The number of aromatic amines is 1. The van der Waals surface area contributed by atoms with Crippen molar-refractivity contribution < 1.29 is 19.4 Å². The number of aliphatic hydroxyl groups excluding tert-OH is 1. The fourth-order valence-electron chi connectivity index (χ4n) is 3.61. The van der Waals surface area contributed by atoms with E-state index < -0.39 is 11.6 Å². The summed E-state index contributed by atoms with van der Waals surface area (Å²) in [5.74, 6) is -0.0638. The second kappa shape index (κ2) is 10.4. The number of methoxy groups -OCH3 is 1. The van der Waals surface area contributed by atoms with E-state index in [0.717, 1.165) is 11.3 Å². The number of nitrogens with zero attached hydrogens (tertiary/aromatic N) is 1. The lowest BCUT2D eigenvalue weighted by atomic mass is 10.0. The van der Waals surface area contributed by atoms with Crippen LogP contribution < -0.4 is 10.1 Å². The highest BCUT2D eigenvalue weighted by atomic mass is 16.5. The Bertz CT molecular complexity index is 1070. The summed E-state index contributed by atoms with van der Waals surface area (Å²) in [6, 6.07) is 19.3. The average molecular weight is 450 g/mol. The van der Waals surface area contributed by atoms with Crippen LogP contribution in [0.25, 0.3) is 11.3 Å². The lowest BCUT2D eigenvalue weighted by Crippen LogP contribution is -2.50. The van der Waals surface area contributed by atoms with Crippen LogP contribution in [0.15, 0.2) is 66.7 Å². The summed E-state index contributed by atoms with van der Waals surface area (Å²) in [6.07, 6.45) is 0. The van der Waals surface area contributed by atoms with Crippen LogP contribution in [0.4, 0.5) is 0 Å². The molecule has 3 rings (SSSR count). The van der Waals surface area contributed by atoms with Gasteiger partial charge < -0.3 is 25.0 Å². The number of ether oxygens (including phenoxy) is 1. The zero-order chi connectivity index (χ0) is 24.0. The molecule has 1 aromatic heterocycles. The van der Waals surface area contributed by atoms with Crippen molar-refractivity contribution in [2.45, 2.75) is 32.4 Å². The molecule has 7 nitrogen and oxygen atoms in total. The SMILES string of the molecule is COc1ccc(C(C(=O)NC(C)(C)C)N(CCO)C(=O)c2ccc(-c3ccccc3)[nH]2)cc1. The number of rotatable bonds is 8. The van der Waals surface area contributed by atoms with Crippen molar-refractivity contribution in [1.82, 2.24) is 15.2 Å². The minimum absolute atomic E-state index is 0.00716. The molecule has 0 aliphatic rings. The number of H-pyrrole nitrogens is 1. The molecule has 2 aromatic carbocycles. The maximum absolute atomic E-state index is 13.6. The van der Waals surface area contributed by atoms with Crippen LogP contribution in [0, 0.1) is 0 Å². The highest BCUT2D eigenvalue weighted by Crippen LogP contribution is 2.27. The Morgan fingerprint density at radius 3 is 2.27 bits per heavy atom. The quantitative estimate of drug-likeness (QED) is 0.488. The van der Waals surface area contributed by atoms with E-state index in [1.54, 1.807) is 37.4 Å². The van der Waals surface area contributed by atoms with E-state index in [4.69, 9.17) is 4.74 Å².